The van der Waals surface area contributed by atoms with Crippen molar-refractivity contribution in [2.24, 2.45) is 5.41 Å². The lowest BCUT2D eigenvalue weighted by Gasteiger charge is -2.43. The van der Waals surface area contributed by atoms with Gasteiger partial charge in [0.2, 0.25) is 0 Å². The fourth-order valence-corrected chi connectivity index (χ4v) is 3.59. The van der Waals surface area contributed by atoms with E-state index < -0.39 is 0 Å². The molecule has 1 N–H and O–H groups in total. The molecule has 1 atom stereocenters. The third-order valence-electron chi connectivity index (χ3n) is 5.10. The molecule has 3 heteroatoms. The number of rotatable bonds is 3. The zero-order valence-electron chi connectivity index (χ0n) is 12.2. The maximum Gasteiger partial charge on any atom is 0.0499 e. The summed E-state index contributed by atoms with van der Waals surface area (Å²) in [7, 11) is 2.22. The van der Waals surface area contributed by atoms with Gasteiger partial charge in [-0.25, -0.2) is 0 Å². The first-order chi connectivity index (χ1) is 8.65. The SMILES string of the molecule is CC1CN(CC2(CO)CCCCCC2)CCN1C. The van der Waals surface area contributed by atoms with E-state index in [1.807, 2.05) is 0 Å². The molecule has 2 aliphatic rings. The van der Waals surface area contributed by atoms with E-state index in [1.54, 1.807) is 0 Å². The molecule has 0 aromatic rings. The number of likely N-dealkylation sites (N-methyl/N-ethyl adjacent to an activating group) is 1. The van der Waals surface area contributed by atoms with Crippen molar-refractivity contribution in [3.05, 3.63) is 0 Å². The van der Waals surface area contributed by atoms with Crippen LogP contribution in [0.2, 0.25) is 0 Å². The lowest BCUT2D eigenvalue weighted by Crippen LogP contribution is -2.53. The highest BCUT2D eigenvalue weighted by atomic mass is 16.3. The van der Waals surface area contributed by atoms with E-state index in [9.17, 15) is 5.11 Å². The fourth-order valence-electron chi connectivity index (χ4n) is 3.59. The van der Waals surface area contributed by atoms with Crippen LogP contribution in [0, 0.1) is 5.41 Å². The summed E-state index contributed by atoms with van der Waals surface area (Å²) in [5.41, 5.74) is 0.201. The molecule has 0 bridgehead atoms. The van der Waals surface area contributed by atoms with Crippen molar-refractivity contribution in [1.82, 2.24) is 9.80 Å². The molecule has 0 amide bonds. The van der Waals surface area contributed by atoms with Crippen LogP contribution in [0.4, 0.5) is 0 Å². The monoisotopic (exact) mass is 254 g/mol. The van der Waals surface area contributed by atoms with E-state index in [4.69, 9.17) is 0 Å². The van der Waals surface area contributed by atoms with Crippen LogP contribution in [0.25, 0.3) is 0 Å². The molecular formula is C15H30N2O. The smallest absolute Gasteiger partial charge is 0.0499 e. The number of aliphatic hydroxyl groups excluding tert-OH is 1. The Labute approximate surface area is 112 Å². The van der Waals surface area contributed by atoms with Crippen molar-refractivity contribution in [2.45, 2.75) is 51.5 Å². The Morgan fingerprint density at radius 2 is 1.78 bits per heavy atom. The van der Waals surface area contributed by atoms with E-state index in [-0.39, 0.29) is 5.41 Å². The molecule has 2 fully saturated rings. The van der Waals surface area contributed by atoms with Crippen molar-refractivity contribution in [3.8, 4) is 0 Å². The second-order valence-corrected chi connectivity index (χ2v) is 6.64. The molecule has 3 nitrogen and oxygen atoms in total. The maximum absolute atomic E-state index is 9.88. The number of hydrogen-bond acceptors (Lipinski definition) is 3. The van der Waals surface area contributed by atoms with E-state index in [1.165, 1.54) is 51.6 Å². The van der Waals surface area contributed by atoms with Gasteiger partial charge in [-0.1, -0.05) is 25.7 Å². The van der Waals surface area contributed by atoms with Gasteiger partial charge in [-0.3, -0.25) is 4.90 Å². The van der Waals surface area contributed by atoms with Crippen molar-refractivity contribution in [1.29, 1.82) is 0 Å². The molecule has 106 valence electrons. The van der Waals surface area contributed by atoms with Gasteiger partial charge in [0.15, 0.2) is 0 Å². The summed E-state index contributed by atoms with van der Waals surface area (Å²) in [4.78, 5) is 5.03. The Kier molecular flexibility index (Phi) is 5.05. The Morgan fingerprint density at radius 3 is 2.33 bits per heavy atom. The number of hydrogen-bond donors (Lipinski definition) is 1. The predicted octanol–water partition coefficient (Wildman–Crippen LogP) is 1.96. The quantitative estimate of drug-likeness (QED) is 0.780. The maximum atomic E-state index is 9.88. The number of piperazine rings is 1. The molecule has 18 heavy (non-hydrogen) atoms. The van der Waals surface area contributed by atoms with Crippen LogP contribution in [0.1, 0.15) is 45.4 Å². The van der Waals surface area contributed by atoms with Gasteiger partial charge in [0.25, 0.3) is 0 Å². The van der Waals surface area contributed by atoms with Crippen LogP contribution in [-0.2, 0) is 0 Å². The van der Waals surface area contributed by atoms with Crippen LogP contribution >= 0.6 is 0 Å². The summed E-state index contributed by atoms with van der Waals surface area (Å²) in [6.07, 6.45) is 7.80. The van der Waals surface area contributed by atoms with Crippen LogP contribution in [-0.4, -0.2) is 60.8 Å². The normalized spacial score (nSPS) is 31.2. The molecule has 0 aromatic carbocycles. The summed E-state index contributed by atoms with van der Waals surface area (Å²) in [5.74, 6) is 0. The molecule has 1 aliphatic heterocycles. The van der Waals surface area contributed by atoms with Gasteiger partial charge in [0.1, 0.15) is 0 Å². The first kappa shape index (κ1) is 14.3. The molecule has 0 radical (unpaired) electrons. The molecular weight excluding hydrogens is 224 g/mol. The molecule has 1 aliphatic carbocycles. The Morgan fingerprint density at radius 1 is 1.11 bits per heavy atom. The molecule has 1 saturated heterocycles. The lowest BCUT2D eigenvalue weighted by molar-refractivity contribution is 0.0254. The minimum absolute atomic E-state index is 0.201. The van der Waals surface area contributed by atoms with Crippen LogP contribution in [0.3, 0.4) is 0 Å². The first-order valence-electron chi connectivity index (χ1n) is 7.69. The van der Waals surface area contributed by atoms with Gasteiger partial charge in [-0.05, 0) is 26.8 Å². The molecule has 1 heterocycles. The number of nitrogens with zero attached hydrogens (tertiary/aromatic N) is 2. The fraction of sp³-hybridized carbons (Fsp3) is 1.00. The van der Waals surface area contributed by atoms with E-state index in [2.05, 4.69) is 23.8 Å². The van der Waals surface area contributed by atoms with E-state index in [0.717, 1.165) is 13.1 Å². The predicted molar refractivity (Wildman–Crippen MR) is 75.8 cm³/mol. The summed E-state index contributed by atoms with van der Waals surface area (Å²) >= 11 is 0. The average molecular weight is 254 g/mol. The third kappa shape index (κ3) is 3.46. The third-order valence-corrected chi connectivity index (χ3v) is 5.10. The minimum atomic E-state index is 0.201. The second-order valence-electron chi connectivity index (χ2n) is 6.64. The minimum Gasteiger partial charge on any atom is -0.396 e. The standard InChI is InChI=1S/C15H30N2O/c1-14-11-17(10-9-16(14)2)12-15(13-18)7-5-3-4-6-8-15/h14,18H,3-13H2,1-2H3. The topological polar surface area (TPSA) is 26.7 Å². The summed E-state index contributed by atoms with van der Waals surface area (Å²) in [6, 6.07) is 0.653. The molecule has 0 aromatic heterocycles. The highest BCUT2D eigenvalue weighted by molar-refractivity contribution is 4.87. The van der Waals surface area contributed by atoms with Gasteiger partial charge in [-0.15, -0.1) is 0 Å². The molecule has 1 unspecified atom stereocenters. The van der Waals surface area contributed by atoms with Crippen molar-refractivity contribution in [3.63, 3.8) is 0 Å². The Balaban J connectivity index is 1.92. The highest BCUT2D eigenvalue weighted by Gasteiger charge is 2.34. The Bertz CT molecular complexity index is 249. The van der Waals surface area contributed by atoms with Gasteiger partial charge in [0, 0.05) is 44.2 Å². The zero-order chi connectivity index (χ0) is 13.0. The van der Waals surface area contributed by atoms with Crippen molar-refractivity contribution >= 4 is 0 Å². The highest BCUT2D eigenvalue weighted by Crippen LogP contribution is 2.35. The van der Waals surface area contributed by atoms with E-state index >= 15 is 0 Å². The molecule has 1 saturated carbocycles. The molecule has 2 rings (SSSR count). The van der Waals surface area contributed by atoms with Crippen LogP contribution in [0.5, 0.6) is 0 Å². The second kappa shape index (κ2) is 6.36. The number of aliphatic hydroxyl groups is 1. The molecule has 0 spiro atoms. The van der Waals surface area contributed by atoms with Gasteiger partial charge in [-0.2, -0.15) is 0 Å². The summed E-state index contributed by atoms with van der Waals surface area (Å²) in [6.45, 7) is 7.31. The van der Waals surface area contributed by atoms with Crippen LogP contribution in [0.15, 0.2) is 0 Å². The van der Waals surface area contributed by atoms with Gasteiger partial charge in [0.05, 0.1) is 0 Å². The van der Waals surface area contributed by atoms with E-state index in [0.29, 0.717) is 12.6 Å². The average Bonchev–Trinajstić information content (AvgIpc) is 2.60. The van der Waals surface area contributed by atoms with Crippen molar-refractivity contribution < 1.29 is 5.11 Å². The van der Waals surface area contributed by atoms with Gasteiger partial charge >= 0.3 is 0 Å². The van der Waals surface area contributed by atoms with Crippen LogP contribution < -0.4 is 0 Å². The summed E-state index contributed by atoms with van der Waals surface area (Å²) < 4.78 is 0. The lowest BCUT2D eigenvalue weighted by atomic mass is 9.80. The first-order valence-corrected chi connectivity index (χ1v) is 7.69. The summed E-state index contributed by atoms with van der Waals surface area (Å²) in [5, 5.41) is 9.88. The van der Waals surface area contributed by atoms with Gasteiger partial charge < -0.3 is 10.0 Å². The largest absolute Gasteiger partial charge is 0.396 e. The van der Waals surface area contributed by atoms with Crippen molar-refractivity contribution in [2.75, 3.05) is 39.8 Å². The Hall–Kier alpha value is -0.120. The zero-order valence-corrected chi connectivity index (χ0v) is 12.2.